The van der Waals surface area contributed by atoms with Gasteiger partial charge in [0.15, 0.2) is 0 Å². The van der Waals surface area contributed by atoms with Gasteiger partial charge in [0.1, 0.15) is 5.82 Å². The van der Waals surface area contributed by atoms with Gasteiger partial charge in [0.05, 0.1) is 5.56 Å². The van der Waals surface area contributed by atoms with E-state index in [-0.39, 0.29) is 16.8 Å². The molecule has 0 saturated heterocycles. The molecule has 2 aromatic heterocycles. The summed E-state index contributed by atoms with van der Waals surface area (Å²) < 4.78 is 2.41. The lowest BCUT2D eigenvalue weighted by Gasteiger charge is -2.08. The maximum atomic E-state index is 12.3. The van der Waals surface area contributed by atoms with Gasteiger partial charge in [0, 0.05) is 32.1 Å². The first-order valence-electron chi connectivity index (χ1n) is 7.95. The summed E-state index contributed by atoms with van der Waals surface area (Å²) in [5.41, 5.74) is 0.865. The van der Waals surface area contributed by atoms with Gasteiger partial charge in [-0.15, -0.1) is 0 Å². The molecule has 2 aromatic rings. The van der Waals surface area contributed by atoms with Crippen LogP contribution in [0.4, 0.5) is 0 Å². The first-order valence-corrected chi connectivity index (χ1v) is 7.95. The Bertz CT molecular complexity index is 948. The molecule has 7 heteroatoms. The molecule has 0 aliphatic rings. The molecule has 0 spiro atoms. The number of nitrogens with one attached hydrogen (secondary N) is 1. The number of hydrogen-bond acceptors (Lipinski definition) is 4. The zero-order chi connectivity index (χ0) is 17.9. The van der Waals surface area contributed by atoms with Crippen molar-refractivity contribution in [2.24, 2.45) is 14.1 Å². The quantitative estimate of drug-likeness (QED) is 0.888. The van der Waals surface area contributed by atoms with Crippen LogP contribution in [0.15, 0.2) is 26.6 Å². The molecule has 0 aliphatic heterocycles. The Labute approximate surface area is 139 Å². The summed E-state index contributed by atoms with van der Waals surface area (Å²) in [5, 5.41) is 0. The van der Waals surface area contributed by atoms with Crippen molar-refractivity contribution in [3.63, 3.8) is 0 Å². The fourth-order valence-electron chi connectivity index (χ4n) is 2.50. The van der Waals surface area contributed by atoms with Crippen LogP contribution in [-0.2, 0) is 20.5 Å². The third-order valence-corrected chi connectivity index (χ3v) is 3.79. The van der Waals surface area contributed by atoms with Gasteiger partial charge in [0.2, 0.25) is 0 Å². The molecule has 7 nitrogen and oxygen atoms in total. The lowest BCUT2D eigenvalue weighted by Crippen LogP contribution is -2.37. The second-order valence-electron chi connectivity index (χ2n) is 5.70. The van der Waals surface area contributed by atoms with E-state index in [1.165, 1.54) is 23.9 Å². The van der Waals surface area contributed by atoms with Gasteiger partial charge in [-0.1, -0.05) is 20.3 Å². The average Bonchev–Trinajstić information content (AvgIpc) is 2.54. The third kappa shape index (κ3) is 3.61. The molecule has 0 fully saturated rings. The van der Waals surface area contributed by atoms with Crippen LogP contribution in [-0.4, -0.2) is 19.1 Å². The third-order valence-electron chi connectivity index (χ3n) is 3.79. The summed E-state index contributed by atoms with van der Waals surface area (Å²) in [6.45, 7) is 3.94. The van der Waals surface area contributed by atoms with Crippen molar-refractivity contribution in [1.82, 2.24) is 19.1 Å². The standard InChI is InChI=1S/C17H22N4O3/c1-5-7-13-9-14(22)19-15(18-13)11(6-2)8-12-10-20(3)17(24)21(4)16(12)23/h8-10H,5-7H2,1-4H3,(H,18,19,22). The number of aromatic amines is 1. The van der Waals surface area contributed by atoms with Crippen LogP contribution in [0.1, 0.15) is 43.8 Å². The lowest BCUT2D eigenvalue weighted by molar-refractivity contribution is 0.683. The van der Waals surface area contributed by atoms with Gasteiger partial charge in [-0.05, 0) is 24.5 Å². The van der Waals surface area contributed by atoms with Gasteiger partial charge in [-0.3, -0.25) is 14.2 Å². The zero-order valence-electron chi connectivity index (χ0n) is 14.4. The maximum absolute atomic E-state index is 12.3. The molecule has 0 aromatic carbocycles. The molecule has 2 rings (SSSR count). The largest absolute Gasteiger partial charge is 0.330 e. The zero-order valence-corrected chi connectivity index (χ0v) is 14.4. The van der Waals surface area contributed by atoms with Gasteiger partial charge in [-0.25, -0.2) is 9.78 Å². The van der Waals surface area contributed by atoms with Crippen LogP contribution in [0.2, 0.25) is 0 Å². The minimum absolute atomic E-state index is 0.212. The predicted octanol–water partition coefficient (Wildman–Crippen LogP) is 1.07. The van der Waals surface area contributed by atoms with Crippen molar-refractivity contribution in [2.45, 2.75) is 33.1 Å². The second-order valence-corrected chi connectivity index (χ2v) is 5.70. The topological polar surface area (TPSA) is 89.8 Å². The van der Waals surface area contributed by atoms with Crippen LogP contribution in [0, 0.1) is 0 Å². The first kappa shape index (κ1) is 17.7. The number of hydrogen-bond donors (Lipinski definition) is 1. The summed E-state index contributed by atoms with van der Waals surface area (Å²) in [4.78, 5) is 43.1. The van der Waals surface area contributed by atoms with Crippen molar-refractivity contribution >= 4 is 11.6 Å². The van der Waals surface area contributed by atoms with Crippen molar-refractivity contribution in [1.29, 1.82) is 0 Å². The first-order chi connectivity index (χ1) is 11.4. The number of H-pyrrole nitrogens is 1. The van der Waals surface area contributed by atoms with Crippen molar-refractivity contribution in [3.8, 4) is 0 Å². The normalized spacial score (nSPS) is 11.8. The summed E-state index contributed by atoms with van der Waals surface area (Å²) in [6.07, 6.45) is 5.37. The van der Waals surface area contributed by atoms with E-state index >= 15 is 0 Å². The Morgan fingerprint density at radius 1 is 1.25 bits per heavy atom. The minimum atomic E-state index is -0.383. The van der Waals surface area contributed by atoms with Gasteiger partial charge in [0.25, 0.3) is 11.1 Å². The van der Waals surface area contributed by atoms with Crippen LogP contribution in [0.3, 0.4) is 0 Å². The molecule has 0 bridgehead atoms. The molecule has 0 amide bonds. The van der Waals surface area contributed by atoms with Crippen molar-refractivity contribution in [2.75, 3.05) is 0 Å². The van der Waals surface area contributed by atoms with E-state index in [0.717, 1.165) is 28.7 Å². The monoisotopic (exact) mass is 330 g/mol. The maximum Gasteiger partial charge on any atom is 0.330 e. The molecule has 0 atom stereocenters. The fraction of sp³-hybridized carbons (Fsp3) is 0.412. The predicted molar refractivity (Wildman–Crippen MR) is 93.9 cm³/mol. The summed E-state index contributed by atoms with van der Waals surface area (Å²) >= 11 is 0. The highest BCUT2D eigenvalue weighted by Crippen LogP contribution is 2.16. The average molecular weight is 330 g/mol. The molecule has 2 heterocycles. The van der Waals surface area contributed by atoms with E-state index in [0.29, 0.717) is 17.8 Å². The molecule has 0 unspecified atom stereocenters. The highest BCUT2D eigenvalue weighted by Gasteiger charge is 2.09. The van der Waals surface area contributed by atoms with Gasteiger partial charge < -0.3 is 9.55 Å². The Morgan fingerprint density at radius 2 is 1.96 bits per heavy atom. The number of allylic oxidation sites excluding steroid dienone is 1. The van der Waals surface area contributed by atoms with Crippen LogP contribution in [0.25, 0.3) is 11.6 Å². The fourth-order valence-corrected chi connectivity index (χ4v) is 2.50. The highest BCUT2D eigenvalue weighted by molar-refractivity contribution is 5.77. The molecule has 0 saturated carbocycles. The van der Waals surface area contributed by atoms with E-state index in [4.69, 9.17) is 0 Å². The Morgan fingerprint density at radius 3 is 2.58 bits per heavy atom. The lowest BCUT2D eigenvalue weighted by atomic mass is 10.1. The van der Waals surface area contributed by atoms with Crippen molar-refractivity contribution in [3.05, 3.63) is 60.5 Å². The van der Waals surface area contributed by atoms with Crippen LogP contribution in [0.5, 0.6) is 0 Å². The van der Waals surface area contributed by atoms with Crippen LogP contribution >= 0.6 is 0 Å². The Kier molecular flexibility index (Phi) is 5.33. The van der Waals surface area contributed by atoms with E-state index in [1.54, 1.807) is 13.1 Å². The highest BCUT2D eigenvalue weighted by atomic mass is 16.2. The molecule has 24 heavy (non-hydrogen) atoms. The Hall–Kier alpha value is -2.70. The summed E-state index contributed by atoms with van der Waals surface area (Å²) in [5.74, 6) is 0.462. The molecule has 128 valence electrons. The van der Waals surface area contributed by atoms with Gasteiger partial charge >= 0.3 is 5.69 Å². The molecular formula is C17H22N4O3. The number of aryl methyl sites for hydroxylation is 2. The SMILES string of the molecule is CCCc1cc(=O)[nH]c(C(=Cc2cn(C)c(=O)n(C)c2=O)CC)n1. The Balaban J connectivity index is 2.61. The number of aromatic nitrogens is 4. The minimum Gasteiger partial charge on any atom is -0.307 e. The summed E-state index contributed by atoms with van der Waals surface area (Å²) in [7, 11) is 3.03. The molecule has 1 N–H and O–H groups in total. The second kappa shape index (κ2) is 7.25. The molecule has 0 aliphatic carbocycles. The van der Waals surface area contributed by atoms with E-state index < -0.39 is 0 Å². The molecule has 0 radical (unpaired) electrons. The van der Waals surface area contributed by atoms with E-state index in [1.807, 2.05) is 13.8 Å². The smallest absolute Gasteiger partial charge is 0.307 e. The van der Waals surface area contributed by atoms with Crippen molar-refractivity contribution < 1.29 is 0 Å². The number of rotatable bonds is 5. The molecular weight excluding hydrogens is 308 g/mol. The van der Waals surface area contributed by atoms with E-state index in [9.17, 15) is 14.4 Å². The summed E-state index contributed by atoms with van der Waals surface area (Å²) in [6, 6.07) is 1.49. The van der Waals surface area contributed by atoms with E-state index in [2.05, 4.69) is 9.97 Å². The van der Waals surface area contributed by atoms with Gasteiger partial charge in [-0.2, -0.15) is 0 Å². The number of nitrogens with zero attached hydrogens (tertiary/aromatic N) is 3. The van der Waals surface area contributed by atoms with Crippen LogP contribution < -0.4 is 16.8 Å².